The van der Waals surface area contributed by atoms with E-state index in [1.807, 2.05) is 0 Å². The van der Waals surface area contributed by atoms with Crippen molar-refractivity contribution in [1.29, 1.82) is 0 Å². The molecule has 0 aliphatic carbocycles. The fourth-order valence-electron chi connectivity index (χ4n) is 0.310. The van der Waals surface area contributed by atoms with Crippen molar-refractivity contribution in [2.75, 3.05) is 20.3 Å². The van der Waals surface area contributed by atoms with Crippen molar-refractivity contribution >= 4 is 11.7 Å². The van der Waals surface area contributed by atoms with E-state index in [4.69, 9.17) is 5.73 Å². The first kappa shape index (κ1) is 10.1. The Kier molecular flexibility index (Phi) is 5.32. The number of ether oxygens (including phenoxy) is 1. The third-order valence-corrected chi connectivity index (χ3v) is 0.861. The summed E-state index contributed by atoms with van der Waals surface area (Å²) >= 11 is 0. The van der Waals surface area contributed by atoms with Gasteiger partial charge in [0.1, 0.15) is 6.61 Å². The molecule has 0 saturated heterocycles. The van der Waals surface area contributed by atoms with Crippen LogP contribution in [0.1, 0.15) is 6.92 Å². The van der Waals surface area contributed by atoms with Gasteiger partial charge >= 0.3 is 5.97 Å². The molecule has 0 aliphatic rings. The SMILES string of the molecule is COCC(=O)O/N=C(\C)CN. The van der Waals surface area contributed by atoms with Crippen LogP contribution in [0.15, 0.2) is 5.16 Å². The van der Waals surface area contributed by atoms with Gasteiger partial charge in [-0.25, -0.2) is 4.79 Å². The zero-order valence-electron chi connectivity index (χ0n) is 6.66. The molecule has 2 N–H and O–H groups in total. The van der Waals surface area contributed by atoms with E-state index in [2.05, 4.69) is 14.7 Å². The minimum atomic E-state index is -0.527. The summed E-state index contributed by atoms with van der Waals surface area (Å²) in [6.45, 7) is 1.85. The Balaban J connectivity index is 3.60. The number of methoxy groups -OCH3 is 1. The molecule has 5 nitrogen and oxygen atoms in total. The van der Waals surface area contributed by atoms with E-state index in [0.29, 0.717) is 5.71 Å². The highest BCUT2D eigenvalue weighted by Crippen LogP contribution is 1.82. The van der Waals surface area contributed by atoms with Gasteiger partial charge in [0.25, 0.3) is 0 Å². The zero-order valence-corrected chi connectivity index (χ0v) is 6.66. The Morgan fingerprint density at radius 1 is 1.64 bits per heavy atom. The second kappa shape index (κ2) is 5.82. The van der Waals surface area contributed by atoms with Gasteiger partial charge < -0.3 is 15.3 Å². The monoisotopic (exact) mass is 160 g/mol. The fraction of sp³-hybridized carbons (Fsp3) is 0.667. The predicted octanol–water partition coefficient (Wildman–Crippen LogP) is -0.489. The van der Waals surface area contributed by atoms with Crippen LogP contribution in [0.2, 0.25) is 0 Å². The molecule has 11 heavy (non-hydrogen) atoms. The second-order valence-corrected chi connectivity index (χ2v) is 1.93. The normalized spacial score (nSPS) is 11.4. The topological polar surface area (TPSA) is 73.9 Å². The first-order chi connectivity index (χ1) is 5.20. The van der Waals surface area contributed by atoms with Crippen molar-refractivity contribution in [3.63, 3.8) is 0 Å². The molecule has 0 spiro atoms. The number of oxime groups is 1. The lowest BCUT2D eigenvalue weighted by Crippen LogP contribution is -2.13. The third kappa shape index (κ3) is 5.50. The van der Waals surface area contributed by atoms with Crippen molar-refractivity contribution in [2.45, 2.75) is 6.92 Å². The Bertz CT molecular complexity index is 156. The summed E-state index contributed by atoms with van der Waals surface area (Å²) < 4.78 is 4.49. The highest BCUT2D eigenvalue weighted by Gasteiger charge is 1.99. The van der Waals surface area contributed by atoms with Crippen molar-refractivity contribution < 1.29 is 14.4 Å². The maximum Gasteiger partial charge on any atom is 0.360 e. The summed E-state index contributed by atoms with van der Waals surface area (Å²) in [4.78, 5) is 14.9. The number of hydrogen-bond donors (Lipinski definition) is 1. The molecule has 0 radical (unpaired) electrons. The number of hydrogen-bond acceptors (Lipinski definition) is 5. The third-order valence-electron chi connectivity index (χ3n) is 0.861. The molecule has 0 aromatic heterocycles. The lowest BCUT2D eigenvalue weighted by atomic mass is 10.4. The molecule has 0 amide bonds. The predicted molar refractivity (Wildman–Crippen MR) is 40.1 cm³/mol. The van der Waals surface area contributed by atoms with Crippen LogP contribution in [-0.4, -0.2) is 31.9 Å². The number of rotatable bonds is 4. The van der Waals surface area contributed by atoms with Crippen molar-refractivity contribution in [1.82, 2.24) is 0 Å². The maximum atomic E-state index is 10.6. The molecule has 0 heterocycles. The molecule has 0 saturated carbocycles. The molecule has 0 aromatic carbocycles. The summed E-state index contributed by atoms with van der Waals surface area (Å²) in [5, 5.41) is 3.42. The van der Waals surface area contributed by atoms with Crippen LogP contribution in [0.5, 0.6) is 0 Å². The molecule has 5 heteroatoms. The Labute approximate surface area is 65.1 Å². The van der Waals surface area contributed by atoms with E-state index in [-0.39, 0.29) is 13.2 Å². The lowest BCUT2D eigenvalue weighted by Gasteiger charge is -1.96. The van der Waals surface area contributed by atoms with Gasteiger partial charge in [-0.05, 0) is 6.92 Å². The number of carbonyl (C=O) groups is 1. The minimum Gasteiger partial charge on any atom is -0.373 e. The van der Waals surface area contributed by atoms with Crippen LogP contribution >= 0.6 is 0 Å². The average Bonchev–Trinajstić information content (AvgIpc) is 2.01. The fourth-order valence-corrected chi connectivity index (χ4v) is 0.310. The van der Waals surface area contributed by atoms with Gasteiger partial charge in [-0.1, -0.05) is 5.16 Å². The molecule has 0 unspecified atom stereocenters. The van der Waals surface area contributed by atoms with Crippen LogP contribution < -0.4 is 5.73 Å². The maximum absolute atomic E-state index is 10.6. The van der Waals surface area contributed by atoms with E-state index in [1.165, 1.54) is 7.11 Å². The summed E-state index contributed by atoms with van der Waals surface area (Å²) in [6.07, 6.45) is 0. The number of nitrogens with two attached hydrogens (primary N) is 1. The highest BCUT2D eigenvalue weighted by molar-refractivity contribution is 5.84. The molecule has 64 valence electrons. The van der Waals surface area contributed by atoms with Crippen LogP contribution in [0, 0.1) is 0 Å². The van der Waals surface area contributed by atoms with E-state index < -0.39 is 5.97 Å². The standard InChI is InChI=1S/C6H12N2O3/c1-5(3-7)8-11-6(9)4-10-2/h3-4,7H2,1-2H3/b8-5+. The summed E-state index contributed by atoms with van der Waals surface area (Å²) in [7, 11) is 1.40. The molecular weight excluding hydrogens is 148 g/mol. The first-order valence-electron chi connectivity index (χ1n) is 3.13. The largest absolute Gasteiger partial charge is 0.373 e. The first-order valence-corrected chi connectivity index (χ1v) is 3.13. The van der Waals surface area contributed by atoms with Crippen LogP contribution in [0.4, 0.5) is 0 Å². The van der Waals surface area contributed by atoms with Crippen molar-refractivity contribution in [3.05, 3.63) is 0 Å². The molecule has 0 atom stereocenters. The minimum absolute atomic E-state index is 0.0959. The summed E-state index contributed by atoms with van der Waals surface area (Å²) in [6, 6.07) is 0. The quantitative estimate of drug-likeness (QED) is 0.342. The van der Waals surface area contributed by atoms with E-state index in [9.17, 15) is 4.79 Å². The summed E-state index contributed by atoms with van der Waals surface area (Å²) in [5.41, 5.74) is 5.74. The van der Waals surface area contributed by atoms with Gasteiger partial charge in [-0.2, -0.15) is 0 Å². The molecule has 0 rings (SSSR count). The van der Waals surface area contributed by atoms with Crippen LogP contribution in [-0.2, 0) is 14.4 Å². The Hall–Kier alpha value is -0.940. The van der Waals surface area contributed by atoms with Crippen molar-refractivity contribution in [2.24, 2.45) is 10.9 Å². The van der Waals surface area contributed by atoms with Gasteiger partial charge in [0.2, 0.25) is 0 Å². The van der Waals surface area contributed by atoms with E-state index in [1.54, 1.807) is 6.92 Å². The van der Waals surface area contributed by atoms with E-state index in [0.717, 1.165) is 0 Å². The number of carbonyl (C=O) groups excluding carboxylic acids is 1. The lowest BCUT2D eigenvalue weighted by molar-refractivity contribution is -0.147. The Morgan fingerprint density at radius 2 is 2.27 bits per heavy atom. The van der Waals surface area contributed by atoms with E-state index >= 15 is 0 Å². The van der Waals surface area contributed by atoms with Gasteiger partial charge in [0.05, 0.1) is 5.71 Å². The molecule has 0 fully saturated rings. The van der Waals surface area contributed by atoms with Gasteiger partial charge in [0.15, 0.2) is 0 Å². The van der Waals surface area contributed by atoms with Crippen LogP contribution in [0.3, 0.4) is 0 Å². The van der Waals surface area contributed by atoms with Gasteiger partial charge in [-0.3, -0.25) is 0 Å². The number of nitrogens with zero attached hydrogens (tertiary/aromatic N) is 1. The summed E-state index contributed by atoms with van der Waals surface area (Å²) in [5.74, 6) is -0.527. The highest BCUT2D eigenvalue weighted by atomic mass is 16.7. The second-order valence-electron chi connectivity index (χ2n) is 1.93. The Morgan fingerprint density at radius 3 is 2.73 bits per heavy atom. The molecule has 0 bridgehead atoms. The van der Waals surface area contributed by atoms with Crippen LogP contribution in [0.25, 0.3) is 0 Å². The zero-order chi connectivity index (χ0) is 8.69. The molecule has 0 aliphatic heterocycles. The van der Waals surface area contributed by atoms with Crippen molar-refractivity contribution in [3.8, 4) is 0 Å². The van der Waals surface area contributed by atoms with Gasteiger partial charge in [0, 0.05) is 13.7 Å². The molecular formula is C6H12N2O3. The van der Waals surface area contributed by atoms with Gasteiger partial charge in [-0.15, -0.1) is 0 Å². The average molecular weight is 160 g/mol. The molecule has 0 aromatic rings. The smallest absolute Gasteiger partial charge is 0.360 e.